The maximum absolute atomic E-state index is 11.7. The number of amides is 1. The molecule has 1 heterocycles. The molecule has 1 aromatic heterocycles. The summed E-state index contributed by atoms with van der Waals surface area (Å²) in [5.74, 6) is -0.164. The van der Waals surface area contributed by atoms with Gasteiger partial charge in [0.1, 0.15) is 0 Å². The molecule has 0 spiro atoms. The molecule has 0 fully saturated rings. The predicted octanol–water partition coefficient (Wildman–Crippen LogP) is 1.73. The van der Waals surface area contributed by atoms with Gasteiger partial charge in [-0.25, -0.2) is 4.68 Å². The molecule has 17 heavy (non-hydrogen) atoms. The van der Waals surface area contributed by atoms with E-state index in [9.17, 15) is 4.79 Å². The van der Waals surface area contributed by atoms with Crippen molar-refractivity contribution in [3.05, 3.63) is 40.6 Å². The SMILES string of the molecule is CN(C)C(=O)c1cn(-c2ccccc2Br)nn1. The Morgan fingerprint density at radius 2 is 2.06 bits per heavy atom. The molecule has 0 bridgehead atoms. The molecule has 0 aliphatic rings. The highest BCUT2D eigenvalue weighted by Crippen LogP contribution is 2.19. The van der Waals surface area contributed by atoms with Crippen molar-refractivity contribution in [2.75, 3.05) is 14.1 Å². The fourth-order valence-electron chi connectivity index (χ4n) is 1.35. The van der Waals surface area contributed by atoms with E-state index in [1.165, 1.54) is 4.90 Å². The average Bonchev–Trinajstić information content (AvgIpc) is 2.77. The largest absolute Gasteiger partial charge is 0.343 e. The fraction of sp³-hybridized carbons (Fsp3) is 0.182. The molecule has 0 saturated carbocycles. The number of nitrogens with zero attached hydrogens (tertiary/aromatic N) is 4. The summed E-state index contributed by atoms with van der Waals surface area (Å²) in [6.07, 6.45) is 1.61. The zero-order valence-electron chi connectivity index (χ0n) is 9.46. The van der Waals surface area contributed by atoms with Crippen molar-refractivity contribution in [2.24, 2.45) is 0 Å². The van der Waals surface area contributed by atoms with Crippen LogP contribution in [0.4, 0.5) is 0 Å². The molecule has 0 atom stereocenters. The van der Waals surface area contributed by atoms with Gasteiger partial charge in [0.15, 0.2) is 5.69 Å². The smallest absolute Gasteiger partial charge is 0.275 e. The van der Waals surface area contributed by atoms with Crippen molar-refractivity contribution in [3.63, 3.8) is 0 Å². The van der Waals surface area contributed by atoms with Gasteiger partial charge in [0.2, 0.25) is 0 Å². The monoisotopic (exact) mass is 294 g/mol. The maximum Gasteiger partial charge on any atom is 0.275 e. The standard InChI is InChI=1S/C11H11BrN4O/c1-15(2)11(17)9-7-16(14-13-9)10-6-4-3-5-8(10)12/h3-7H,1-2H3. The highest BCUT2D eigenvalue weighted by molar-refractivity contribution is 9.10. The van der Waals surface area contributed by atoms with Crippen LogP contribution in [0.5, 0.6) is 0 Å². The molecule has 5 nitrogen and oxygen atoms in total. The average molecular weight is 295 g/mol. The van der Waals surface area contributed by atoms with Crippen LogP contribution < -0.4 is 0 Å². The van der Waals surface area contributed by atoms with Crippen LogP contribution in [0.3, 0.4) is 0 Å². The number of benzene rings is 1. The second-order valence-corrected chi connectivity index (χ2v) is 4.55. The minimum absolute atomic E-state index is 0.164. The van der Waals surface area contributed by atoms with Gasteiger partial charge in [0.05, 0.1) is 11.9 Å². The molecule has 1 amide bonds. The van der Waals surface area contributed by atoms with Gasteiger partial charge in [0.25, 0.3) is 5.91 Å². The molecule has 0 radical (unpaired) electrons. The van der Waals surface area contributed by atoms with Crippen LogP contribution in [-0.2, 0) is 0 Å². The van der Waals surface area contributed by atoms with Crippen molar-refractivity contribution in [1.29, 1.82) is 0 Å². The third-order valence-corrected chi connectivity index (χ3v) is 2.89. The predicted molar refractivity (Wildman–Crippen MR) is 67.1 cm³/mol. The van der Waals surface area contributed by atoms with Crippen molar-refractivity contribution < 1.29 is 4.79 Å². The van der Waals surface area contributed by atoms with Gasteiger partial charge < -0.3 is 4.90 Å². The first-order valence-corrected chi connectivity index (χ1v) is 5.78. The molecule has 0 aliphatic carbocycles. The van der Waals surface area contributed by atoms with E-state index in [2.05, 4.69) is 26.2 Å². The summed E-state index contributed by atoms with van der Waals surface area (Å²) in [7, 11) is 3.36. The molecule has 0 aliphatic heterocycles. The van der Waals surface area contributed by atoms with Crippen LogP contribution in [0.2, 0.25) is 0 Å². The van der Waals surface area contributed by atoms with Gasteiger partial charge >= 0.3 is 0 Å². The van der Waals surface area contributed by atoms with Crippen LogP contribution >= 0.6 is 15.9 Å². The second-order valence-electron chi connectivity index (χ2n) is 3.70. The van der Waals surface area contributed by atoms with E-state index in [-0.39, 0.29) is 5.91 Å². The van der Waals surface area contributed by atoms with E-state index < -0.39 is 0 Å². The maximum atomic E-state index is 11.7. The summed E-state index contributed by atoms with van der Waals surface area (Å²) in [6, 6.07) is 7.61. The second kappa shape index (κ2) is 4.67. The highest BCUT2D eigenvalue weighted by Gasteiger charge is 2.13. The first-order chi connectivity index (χ1) is 8.09. The van der Waals surface area contributed by atoms with Crippen LogP contribution in [0.25, 0.3) is 5.69 Å². The van der Waals surface area contributed by atoms with Gasteiger partial charge in [-0.15, -0.1) is 5.10 Å². The number of aromatic nitrogens is 3. The lowest BCUT2D eigenvalue weighted by Gasteiger charge is -2.06. The van der Waals surface area contributed by atoms with E-state index in [1.807, 2.05) is 24.3 Å². The molecular formula is C11H11BrN4O. The highest BCUT2D eigenvalue weighted by atomic mass is 79.9. The number of carbonyl (C=O) groups excluding carboxylic acids is 1. The first kappa shape index (κ1) is 11.8. The number of para-hydroxylation sites is 1. The normalized spacial score (nSPS) is 10.3. The van der Waals surface area contributed by atoms with Crippen molar-refractivity contribution >= 4 is 21.8 Å². The molecule has 2 aromatic rings. The van der Waals surface area contributed by atoms with Gasteiger partial charge in [-0.2, -0.15) is 0 Å². The summed E-state index contributed by atoms with van der Waals surface area (Å²) in [5, 5.41) is 7.80. The van der Waals surface area contributed by atoms with E-state index in [1.54, 1.807) is 25.0 Å². The molecule has 0 saturated heterocycles. The first-order valence-electron chi connectivity index (χ1n) is 4.98. The van der Waals surface area contributed by atoms with Gasteiger partial charge in [-0.05, 0) is 28.1 Å². The minimum Gasteiger partial charge on any atom is -0.343 e. The lowest BCUT2D eigenvalue weighted by molar-refractivity contribution is 0.0822. The van der Waals surface area contributed by atoms with Gasteiger partial charge in [-0.3, -0.25) is 4.79 Å². The van der Waals surface area contributed by atoms with Gasteiger partial charge in [0, 0.05) is 18.6 Å². The summed E-state index contributed by atoms with van der Waals surface area (Å²) in [4.78, 5) is 13.1. The summed E-state index contributed by atoms with van der Waals surface area (Å²) in [6.45, 7) is 0. The summed E-state index contributed by atoms with van der Waals surface area (Å²) in [5.41, 5.74) is 1.17. The molecule has 2 rings (SSSR count). The molecule has 0 N–H and O–H groups in total. The lowest BCUT2D eigenvalue weighted by Crippen LogP contribution is -2.21. The number of carbonyl (C=O) groups is 1. The number of rotatable bonds is 2. The van der Waals surface area contributed by atoms with Crippen molar-refractivity contribution in [1.82, 2.24) is 19.9 Å². The molecule has 88 valence electrons. The van der Waals surface area contributed by atoms with Crippen molar-refractivity contribution in [2.45, 2.75) is 0 Å². The fourth-order valence-corrected chi connectivity index (χ4v) is 1.81. The Balaban J connectivity index is 2.37. The number of hydrogen-bond acceptors (Lipinski definition) is 3. The molecular weight excluding hydrogens is 284 g/mol. The third-order valence-electron chi connectivity index (χ3n) is 2.22. The Morgan fingerprint density at radius 1 is 1.35 bits per heavy atom. The number of hydrogen-bond donors (Lipinski definition) is 0. The zero-order chi connectivity index (χ0) is 12.4. The van der Waals surface area contributed by atoms with E-state index in [0.717, 1.165) is 10.2 Å². The zero-order valence-corrected chi connectivity index (χ0v) is 11.0. The molecule has 6 heteroatoms. The van der Waals surface area contributed by atoms with E-state index in [4.69, 9.17) is 0 Å². The summed E-state index contributed by atoms with van der Waals surface area (Å²) < 4.78 is 2.47. The van der Waals surface area contributed by atoms with Gasteiger partial charge in [-0.1, -0.05) is 17.3 Å². The van der Waals surface area contributed by atoms with E-state index in [0.29, 0.717) is 5.69 Å². The minimum atomic E-state index is -0.164. The lowest BCUT2D eigenvalue weighted by atomic mass is 10.3. The topological polar surface area (TPSA) is 51.0 Å². The quantitative estimate of drug-likeness (QED) is 0.848. The number of halogens is 1. The van der Waals surface area contributed by atoms with Crippen LogP contribution in [-0.4, -0.2) is 39.9 Å². The summed E-state index contributed by atoms with van der Waals surface area (Å²) >= 11 is 3.42. The Kier molecular flexibility index (Phi) is 3.23. The van der Waals surface area contributed by atoms with Crippen LogP contribution in [0.1, 0.15) is 10.5 Å². The Hall–Kier alpha value is -1.69. The molecule has 0 unspecified atom stereocenters. The Labute approximate surface area is 107 Å². The van der Waals surface area contributed by atoms with Crippen molar-refractivity contribution in [3.8, 4) is 5.69 Å². The van der Waals surface area contributed by atoms with Crippen LogP contribution in [0.15, 0.2) is 34.9 Å². The Bertz CT molecular complexity index is 550. The van der Waals surface area contributed by atoms with E-state index >= 15 is 0 Å². The third kappa shape index (κ3) is 2.36. The molecule has 1 aromatic carbocycles. The van der Waals surface area contributed by atoms with Crippen LogP contribution in [0, 0.1) is 0 Å². The Morgan fingerprint density at radius 3 is 2.71 bits per heavy atom.